The van der Waals surface area contributed by atoms with E-state index in [0.717, 1.165) is 34.5 Å². The molecule has 32 heavy (non-hydrogen) atoms. The van der Waals surface area contributed by atoms with Crippen molar-refractivity contribution in [3.63, 3.8) is 0 Å². The molecule has 0 bridgehead atoms. The van der Waals surface area contributed by atoms with Gasteiger partial charge in [0.25, 0.3) is 5.69 Å². The van der Waals surface area contributed by atoms with Crippen LogP contribution in [0.4, 0.5) is 17.1 Å². The Balaban J connectivity index is 1.93. The average molecular weight is 435 g/mol. The third kappa shape index (κ3) is 5.07. The molecule has 3 rings (SSSR count). The van der Waals surface area contributed by atoms with Crippen molar-refractivity contribution < 1.29 is 19.3 Å². The topological polar surface area (TPSA) is 117 Å². The number of ether oxygens (including phenoxy) is 2. The molecular formula is C23H21N3O6. The smallest absolute Gasteiger partial charge is 0.318 e. The summed E-state index contributed by atoms with van der Waals surface area (Å²) in [6.45, 7) is 6.16. The van der Waals surface area contributed by atoms with Gasteiger partial charge in [-0.3, -0.25) is 25.2 Å². The van der Waals surface area contributed by atoms with Gasteiger partial charge in [-0.05, 0) is 67.8 Å². The van der Waals surface area contributed by atoms with Crippen LogP contribution in [0.1, 0.15) is 23.6 Å². The predicted molar refractivity (Wildman–Crippen MR) is 121 cm³/mol. The van der Waals surface area contributed by atoms with Gasteiger partial charge in [0.1, 0.15) is 0 Å². The van der Waals surface area contributed by atoms with Crippen molar-refractivity contribution in [2.75, 3.05) is 6.61 Å². The number of aliphatic imine (C=N–C) groups is 1. The minimum absolute atomic E-state index is 0.127. The van der Waals surface area contributed by atoms with Crippen molar-refractivity contribution in [3.8, 4) is 17.2 Å². The van der Waals surface area contributed by atoms with E-state index in [9.17, 15) is 20.2 Å². The van der Waals surface area contributed by atoms with Crippen LogP contribution >= 0.6 is 0 Å². The Labute approximate surface area is 184 Å². The second kappa shape index (κ2) is 9.69. The molecule has 0 spiro atoms. The Morgan fingerprint density at radius 1 is 0.938 bits per heavy atom. The lowest BCUT2D eigenvalue weighted by Gasteiger charge is -2.12. The number of nitro benzene ring substituents is 2. The normalized spacial score (nSPS) is 10.8. The molecule has 0 aliphatic rings. The van der Waals surface area contributed by atoms with E-state index in [2.05, 4.69) is 4.99 Å². The summed E-state index contributed by atoms with van der Waals surface area (Å²) in [6, 6.07) is 14.2. The van der Waals surface area contributed by atoms with Gasteiger partial charge in [-0.25, -0.2) is 0 Å². The summed E-state index contributed by atoms with van der Waals surface area (Å²) in [4.78, 5) is 25.4. The fraction of sp³-hybridized carbons (Fsp3) is 0.174. The van der Waals surface area contributed by atoms with Gasteiger partial charge < -0.3 is 9.47 Å². The monoisotopic (exact) mass is 435 g/mol. The molecule has 0 fully saturated rings. The molecule has 0 saturated heterocycles. The van der Waals surface area contributed by atoms with Crippen molar-refractivity contribution in [1.29, 1.82) is 0 Å². The minimum atomic E-state index is -0.728. The lowest BCUT2D eigenvalue weighted by Crippen LogP contribution is -1.99. The predicted octanol–water partition coefficient (Wildman–Crippen LogP) is 6.06. The largest absolute Gasteiger partial charge is 0.490 e. The number of non-ortho nitro benzene ring substituents is 1. The number of hydrogen-bond acceptors (Lipinski definition) is 7. The Hall–Kier alpha value is -4.27. The van der Waals surface area contributed by atoms with E-state index in [-0.39, 0.29) is 11.5 Å². The maximum absolute atomic E-state index is 11.4. The van der Waals surface area contributed by atoms with E-state index in [0.29, 0.717) is 12.4 Å². The minimum Gasteiger partial charge on any atom is -0.490 e. The van der Waals surface area contributed by atoms with Gasteiger partial charge in [0, 0.05) is 12.3 Å². The fourth-order valence-electron chi connectivity index (χ4n) is 2.94. The van der Waals surface area contributed by atoms with Crippen LogP contribution in [0, 0.1) is 34.1 Å². The lowest BCUT2D eigenvalue weighted by atomic mass is 10.1. The van der Waals surface area contributed by atoms with E-state index in [1.807, 2.05) is 32.0 Å². The molecule has 0 saturated carbocycles. The van der Waals surface area contributed by atoms with Crippen LogP contribution in [0.3, 0.4) is 0 Å². The van der Waals surface area contributed by atoms with E-state index < -0.39 is 21.2 Å². The van der Waals surface area contributed by atoms with Crippen molar-refractivity contribution >= 4 is 23.3 Å². The Bertz CT molecular complexity index is 1210. The first kappa shape index (κ1) is 22.4. The summed E-state index contributed by atoms with van der Waals surface area (Å²) < 4.78 is 11.4. The third-order valence-corrected chi connectivity index (χ3v) is 4.77. The second-order valence-electron chi connectivity index (χ2n) is 6.88. The molecule has 0 atom stereocenters. The first-order valence-electron chi connectivity index (χ1n) is 9.78. The molecule has 0 aliphatic carbocycles. The highest BCUT2D eigenvalue weighted by atomic mass is 16.6. The zero-order valence-electron chi connectivity index (χ0n) is 17.8. The summed E-state index contributed by atoms with van der Waals surface area (Å²) in [5, 5.41) is 22.3. The zero-order chi connectivity index (χ0) is 23.3. The van der Waals surface area contributed by atoms with Gasteiger partial charge >= 0.3 is 5.69 Å². The maximum atomic E-state index is 11.4. The van der Waals surface area contributed by atoms with Crippen LogP contribution in [0.25, 0.3) is 0 Å². The van der Waals surface area contributed by atoms with Crippen LogP contribution < -0.4 is 9.47 Å². The summed E-state index contributed by atoms with van der Waals surface area (Å²) in [6.07, 6.45) is 1.70. The van der Waals surface area contributed by atoms with Crippen LogP contribution in [0.15, 0.2) is 59.6 Å². The molecular weight excluding hydrogens is 414 g/mol. The van der Waals surface area contributed by atoms with Crippen molar-refractivity contribution in [3.05, 3.63) is 91.5 Å². The number of hydrogen-bond donors (Lipinski definition) is 0. The number of nitrogens with zero attached hydrogens (tertiary/aromatic N) is 3. The molecule has 0 N–H and O–H groups in total. The van der Waals surface area contributed by atoms with Crippen LogP contribution in [-0.4, -0.2) is 22.7 Å². The quantitative estimate of drug-likeness (QED) is 0.241. The summed E-state index contributed by atoms with van der Waals surface area (Å²) in [7, 11) is 0. The summed E-state index contributed by atoms with van der Waals surface area (Å²) >= 11 is 0. The summed E-state index contributed by atoms with van der Waals surface area (Å²) in [5.41, 5.74) is 2.92. The average Bonchev–Trinajstić information content (AvgIpc) is 2.76. The van der Waals surface area contributed by atoms with Gasteiger partial charge in [-0.15, -0.1) is 0 Å². The van der Waals surface area contributed by atoms with Gasteiger partial charge in [-0.2, -0.15) is 0 Å². The highest BCUT2D eigenvalue weighted by Gasteiger charge is 2.22. The molecule has 3 aromatic rings. The van der Waals surface area contributed by atoms with Crippen LogP contribution in [-0.2, 0) is 0 Å². The second-order valence-corrected chi connectivity index (χ2v) is 6.88. The molecule has 0 heterocycles. The maximum Gasteiger partial charge on any atom is 0.318 e. The molecule has 0 aliphatic heterocycles. The number of aryl methyl sites for hydroxylation is 1. The van der Waals surface area contributed by atoms with E-state index in [4.69, 9.17) is 9.47 Å². The number of nitro groups is 2. The molecule has 164 valence electrons. The molecule has 0 amide bonds. The molecule has 0 radical (unpaired) electrons. The van der Waals surface area contributed by atoms with Crippen LogP contribution in [0.2, 0.25) is 0 Å². The molecule has 0 aromatic heterocycles. The first-order valence-corrected chi connectivity index (χ1v) is 9.78. The van der Waals surface area contributed by atoms with Gasteiger partial charge in [0.05, 0.1) is 28.2 Å². The molecule has 0 unspecified atom stereocenters. The Kier molecular flexibility index (Phi) is 6.79. The van der Waals surface area contributed by atoms with Crippen molar-refractivity contribution in [2.45, 2.75) is 20.8 Å². The van der Waals surface area contributed by atoms with Gasteiger partial charge in [0.15, 0.2) is 11.5 Å². The highest BCUT2D eigenvalue weighted by molar-refractivity contribution is 5.83. The lowest BCUT2D eigenvalue weighted by molar-refractivity contribution is -0.394. The highest BCUT2D eigenvalue weighted by Crippen LogP contribution is 2.38. The third-order valence-electron chi connectivity index (χ3n) is 4.77. The van der Waals surface area contributed by atoms with Crippen molar-refractivity contribution in [2.24, 2.45) is 4.99 Å². The standard InChI is InChI=1S/C23H21N3O6/c1-4-31-23-12-17(14-24-19-7-5-6-15(2)16(19)3)8-10-22(23)32-21-11-9-18(25(27)28)13-20(21)26(29)30/h5-14H,4H2,1-3H3. The first-order chi connectivity index (χ1) is 15.3. The van der Waals surface area contributed by atoms with E-state index in [1.54, 1.807) is 31.3 Å². The SMILES string of the molecule is CCOc1cc(C=Nc2cccc(C)c2C)ccc1Oc1ccc([N+](=O)[O-])cc1[N+](=O)[O-]. The van der Waals surface area contributed by atoms with E-state index in [1.165, 1.54) is 6.07 Å². The van der Waals surface area contributed by atoms with Gasteiger partial charge in [0.2, 0.25) is 5.75 Å². The number of rotatable bonds is 8. The van der Waals surface area contributed by atoms with Gasteiger partial charge in [-0.1, -0.05) is 12.1 Å². The molecule has 9 heteroatoms. The molecule has 9 nitrogen and oxygen atoms in total. The fourth-order valence-corrected chi connectivity index (χ4v) is 2.94. The summed E-state index contributed by atoms with van der Waals surface area (Å²) in [5.74, 6) is 0.483. The number of benzene rings is 3. The van der Waals surface area contributed by atoms with Crippen LogP contribution in [0.5, 0.6) is 17.2 Å². The zero-order valence-corrected chi connectivity index (χ0v) is 17.8. The Morgan fingerprint density at radius 3 is 2.38 bits per heavy atom. The van der Waals surface area contributed by atoms with Crippen molar-refractivity contribution in [1.82, 2.24) is 0 Å². The Morgan fingerprint density at radius 2 is 1.69 bits per heavy atom. The molecule has 3 aromatic carbocycles. The van der Waals surface area contributed by atoms with E-state index >= 15 is 0 Å².